The van der Waals surface area contributed by atoms with Gasteiger partial charge in [0, 0.05) is 23.0 Å². The molecule has 1 heterocycles. The number of carbonyl (C=O) groups excluding carboxylic acids is 1. The molecular weight excluding hydrogens is 538 g/mol. The van der Waals surface area contributed by atoms with Crippen molar-refractivity contribution in [2.45, 2.75) is 26.4 Å². The molecule has 0 spiro atoms. The van der Waals surface area contributed by atoms with Gasteiger partial charge in [-0.15, -0.1) is 0 Å². The Balaban J connectivity index is 1.71. The van der Waals surface area contributed by atoms with E-state index in [1.807, 2.05) is 36.4 Å². The van der Waals surface area contributed by atoms with Crippen molar-refractivity contribution in [2.75, 3.05) is 34.5 Å². The zero-order valence-electron chi connectivity index (χ0n) is 21.4. The van der Waals surface area contributed by atoms with Crippen LogP contribution in [0, 0.1) is 0 Å². The first-order valence-corrected chi connectivity index (χ1v) is 12.8. The normalized spacial score (nSPS) is 12.3. The first kappa shape index (κ1) is 26.5. The largest absolute Gasteiger partial charge is 0.496 e. The van der Waals surface area contributed by atoms with Gasteiger partial charge in [-0.25, -0.2) is 4.79 Å². The number of carbonyl (C=O) groups is 1. The molecule has 7 nitrogen and oxygen atoms in total. The van der Waals surface area contributed by atoms with E-state index in [1.165, 1.54) is 7.11 Å². The molecule has 0 atom stereocenters. The van der Waals surface area contributed by atoms with Crippen LogP contribution in [-0.2, 0) is 24.2 Å². The molecule has 3 aromatic carbocycles. The summed E-state index contributed by atoms with van der Waals surface area (Å²) >= 11 is 3.63. The van der Waals surface area contributed by atoms with Crippen LogP contribution in [0.25, 0.3) is 0 Å². The topological polar surface area (TPSA) is 75.6 Å². The molecule has 8 heteroatoms. The predicted octanol–water partition coefficient (Wildman–Crippen LogP) is 5.82. The van der Waals surface area contributed by atoms with Crippen LogP contribution >= 0.6 is 15.9 Å². The van der Waals surface area contributed by atoms with E-state index in [0.29, 0.717) is 48.1 Å². The van der Waals surface area contributed by atoms with E-state index < -0.39 is 5.97 Å². The second-order valence-corrected chi connectivity index (χ2v) is 9.22. The zero-order chi connectivity index (χ0) is 26.4. The number of fused-ring (bicyclic) bond motifs is 1. The van der Waals surface area contributed by atoms with Gasteiger partial charge in [-0.3, -0.25) is 4.99 Å². The maximum atomic E-state index is 12.6. The molecule has 0 saturated heterocycles. The highest BCUT2D eigenvalue weighted by Crippen LogP contribution is 2.44. The van der Waals surface area contributed by atoms with Crippen LogP contribution in [0.4, 0.5) is 0 Å². The van der Waals surface area contributed by atoms with Crippen molar-refractivity contribution in [3.05, 3.63) is 80.8 Å². The Bertz CT molecular complexity index is 1310. The third kappa shape index (κ3) is 5.74. The maximum absolute atomic E-state index is 12.6. The fraction of sp³-hybridized carbons (Fsp3) is 0.310. The Morgan fingerprint density at radius 3 is 2.41 bits per heavy atom. The molecule has 0 aromatic heterocycles. The lowest BCUT2D eigenvalue weighted by Gasteiger charge is -2.24. The fourth-order valence-corrected chi connectivity index (χ4v) is 4.86. The lowest BCUT2D eigenvalue weighted by Crippen LogP contribution is -2.18. The lowest BCUT2D eigenvalue weighted by atomic mass is 9.91. The first-order chi connectivity index (χ1) is 18.0. The number of methoxy groups -OCH3 is 3. The molecule has 0 saturated carbocycles. The van der Waals surface area contributed by atoms with E-state index >= 15 is 0 Å². The van der Waals surface area contributed by atoms with Crippen LogP contribution in [0.1, 0.15) is 39.5 Å². The number of nitrogens with zero attached hydrogens (tertiary/aromatic N) is 1. The number of aliphatic imine (C=N–C) groups is 1. The Morgan fingerprint density at radius 2 is 1.73 bits per heavy atom. The van der Waals surface area contributed by atoms with Gasteiger partial charge in [0.15, 0.2) is 11.5 Å². The Morgan fingerprint density at radius 1 is 0.973 bits per heavy atom. The van der Waals surface area contributed by atoms with Crippen molar-refractivity contribution < 1.29 is 28.5 Å². The minimum Gasteiger partial charge on any atom is -0.496 e. The second-order valence-electron chi connectivity index (χ2n) is 8.37. The molecule has 0 radical (unpaired) electrons. The van der Waals surface area contributed by atoms with Gasteiger partial charge < -0.3 is 23.7 Å². The molecule has 1 aliphatic heterocycles. The Labute approximate surface area is 225 Å². The van der Waals surface area contributed by atoms with Gasteiger partial charge in [-0.1, -0.05) is 46.3 Å². The molecule has 3 aromatic rings. The zero-order valence-corrected chi connectivity index (χ0v) is 23.0. The summed E-state index contributed by atoms with van der Waals surface area (Å²) in [4.78, 5) is 17.4. The van der Waals surface area contributed by atoms with Crippen LogP contribution < -0.4 is 18.9 Å². The highest BCUT2D eigenvalue weighted by atomic mass is 79.9. The van der Waals surface area contributed by atoms with E-state index in [0.717, 1.165) is 38.9 Å². The van der Waals surface area contributed by atoms with Gasteiger partial charge in [-0.05, 0) is 48.2 Å². The molecule has 0 N–H and O–H groups in total. The summed E-state index contributed by atoms with van der Waals surface area (Å²) in [7, 11) is 4.75. The van der Waals surface area contributed by atoms with E-state index in [1.54, 1.807) is 33.3 Å². The minimum atomic E-state index is -0.432. The number of ether oxygens (including phenoxy) is 5. The number of halogens is 1. The van der Waals surface area contributed by atoms with Gasteiger partial charge in [-0.2, -0.15) is 0 Å². The third-order valence-electron chi connectivity index (χ3n) is 6.12. The lowest BCUT2D eigenvalue weighted by molar-refractivity contribution is 0.0522. The van der Waals surface area contributed by atoms with Gasteiger partial charge in [0.25, 0.3) is 0 Å². The van der Waals surface area contributed by atoms with Crippen LogP contribution in [0.2, 0.25) is 0 Å². The van der Waals surface area contributed by atoms with E-state index in [2.05, 4.69) is 15.9 Å². The Hall–Kier alpha value is -3.52. The van der Waals surface area contributed by atoms with Crippen molar-refractivity contribution in [1.82, 2.24) is 0 Å². The molecule has 0 fully saturated rings. The highest BCUT2D eigenvalue weighted by molar-refractivity contribution is 9.10. The van der Waals surface area contributed by atoms with E-state index in [9.17, 15) is 4.79 Å². The second kappa shape index (κ2) is 12.1. The van der Waals surface area contributed by atoms with Crippen LogP contribution in [0.15, 0.2) is 58.0 Å². The summed E-state index contributed by atoms with van der Waals surface area (Å²) in [6.45, 7) is 3.10. The molecule has 4 rings (SSSR count). The van der Waals surface area contributed by atoms with Gasteiger partial charge in [0.05, 0.1) is 33.6 Å². The number of hydrogen-bond donors (Lipinski definition) is 0. The Kier molecular flexibility index (Phi) is 8.71. The SMILES string of the molecule is CCOC(=O)c1cc(CC2=NCCc3cc(OCc4ccccc4)c(OC)c(OC)c32)c(Br)cc1OC. The van der Waals surface area contributed by atoms with Crippen LogP contribution in [-0.4, -0.2) is 46.2 Å². The van der Waals surface area contributed by atoms with Crippen molar-refractivity contribution in [2.24, 2.45) is 4.99 Å². The van der Waals surface area contributed by atoms with Crippen molar-refractivity contribution in [3.8, 4) is 23.0 Å². The van der Waals surface area contributed by atoms with Crippen LogP contribution in [0.5, 0.6) is 23.0 Å². The third-order valence-corrected chi connectivity index (χ3v) is 6.86. The van der Waals surface area contributed by atoms with Crippen molar-refractivity contribution >= 4 is 27.6 Å². The first-order valence-electron chi connectivity index (χ1n) is 12.0. The summed E-state index contributed by atoms with van der Waals surface area (Å²) in [5, 5.41) is 0. The number of hydrogen-bond acceptors (Lipinski definition) is 7. The van der Waals surface area contributed by atoms with Gasteiger partial charge in [0.1, 0.15) is 17.9 Å². The van der Waals surface area contributed by atoms with Gasteiger partial charge in [0.2, 0.25) is 5.75 Å². The number of esters is 1. The summed E-state index contributed by atoms with van der Waals surface area (Å²) in [6.07, 6.45) is 1.21. The van der Waals surface area contributed by atoms with E-state index in [-0.39, 0.29) is 6.61 Å². The predicted molar refractivity (Wildman–Crippen MR) is 146 cm³/mol. The molecule has 194 valence electrons. The number of rotatable bonds is 10. The molecule has 0 unspecified atom stereocenters. The highest BCUT2D eigenvalue weighted by Gasteiger charge is 2.27. The van der Waals surface area contributed by atoms with Crippen molar-refractivity contribution in [1.29, 1.82) is 0 Å². The average Bonchev–Trinajstić information content (AvgIpc) is 2.92. The summed E-state index contributed by atoms with van der Waals surface area (Å²) in [5.41, 5.74) is 5.10. The minimum absolute atomic E-state index is 0.277. The van der Waals surface area contributed by atoms with Crippen LogP contribution in [0.3, 0.4) is 0 Å². The number of benzene rings is 3. The monoisotopic (exact) mass is 567 g/mol. The fourth-order valence-electron chi connectivity index (χ4n) is 4.40. The summed E-state index contributed by atoms with van der Waals surface area (Å²) in [6, 6.07) is 15.6. The summed E-state index contributed by atoms with van der Waals surface area (Å²) in [5.74, 6) is 1.74. The average molecular weight is 568 g/mol. The van der Waals surface area contributed by atoms with Gasteiger partial charge >= 0.3 is 5.97 Å². The summed E-state index contributed by atoms with van der Waals surface area (Å²) < 4.78 is 29.2. The van der Waals surface area contributed by atoms with Crippen molar-refractivity contribution in [3.63, 3.8) is 0 Å². The molecule has 0 amide bonds. The maximum Gasteiger partial charge on any atom is 0.341 e. The molecule has 37 heavy (non-hydrogen) atoms. The molecule has 0 bridgehead atoms. The quantitative estimate of drug-likeness (QED) is 0.287. The van der Waals surface area contributed by atoms with E-state index in [4.69, 9.17) is 28.7 Å². The standard InChI is InChI=1S/C29H30BrNO6/c1-5-36-29(32)21-13-20(22(30)16-24(21)33-2)14-23-26-19(11-12-31-23)15-25(27(34-3)28(26)35-4)37-17-18-9-7-6-8-10-18/h6-10,13,15-16H,5,11-12,14,17H2,1-4H3. The molecule has 0 aliphatic carbocycles. The smallest absolute Gasteiger partial charge is 0.341 e. The molecule has 1 aliphatic rings. The molecular formula is C29H30BrNO6.